The molecule has 112 valence electrons. The highest BCUT2D eigenvalue weighted by Crippen LogP contribution is 2.20. The normalized spacial score (nSPS) is 19.0. The molecule has 0 radical (unpaired) electrons. The van der Waals surface area contributed by atoms with Gasteiger partial charge in [-0.1, -0.05) is 0 Å². The van der Waals surface area contributed by atoms with Crippen molar-refractivity contribution in [3.63, 3.8) is 0 Å². The van der Waals surface area contributed by atoms with E-state index in [1.54, 1.807) is 10.8 Å². The molecular weight excluding hydrogens is 266 g/mol. The highest BCUT2D eigenvalue weighted by Gasteiger charge is 2.26. The first-order valence-electron chi connectivity index (χ1n) is 7.39. The summed E-state index contributed by atoms with van der Waals surface area (Å²) in [6.45, 7) is 4.56. The lowest BCUT2D eigenvalue weighted by atomic mass is 9.97. The monoisotopic (exact) mass is 287 g/mol. The molecule has 1 unspecified atom stereocenters. The molecule has 0 spiro atoms. The van der Waals surface area contributed by atoms with Gasteiger partial charge >= 0.3 is 0 Å². The summed E-state index contributed by atoms with van der Waals surface area (Å²) < 4.78 is 3.95. The summed E-state index contributed by atoms with van der Waals surface area (Å²) in [6.07, 6.45) is 9.52. The molecule has 2 aromatic rings. The largest absolute Gasteiger partial charge is 0.336 e. The third-order valence-electron chi connectivity index (χ3n) is 4.20. The van der Waals surface area contributed by atoms with Crippen LogP contribution >= 0.6 is 0 Å². The highest BCUT2D eigenvalue weighted by atomic mass is 16.2. The molecule has 2 aromatic heterocycles. The maximum Gasteiger partial charge on any atom is 0.289 e. The van der Waals surface area contributed by atoms with Gasteiger partial charge in [0, 0.05) is 51.5 Å². The quantitative estimate of drug-likeness (QED) is 0.859. The molecule has 1 atom stereocenters. The Morgan fingerprint density at radius 3 is 2.81 bits per heavy atom. The van der Waals surface area contributed by atoms with Gasteiger partial charge in [0.15, 0.2) is 5.82 Å². The van der Waals surface area contributed by atoms with Gasteiger partial charge in [-0.3, -0.25) is 4.79 Å². The maximum atomic E-state index is 12.5. The van der Waals surface area contributed by atoms with Crippen molar-refractivity contribution in [3.8, 4) is 0 Å². The van der Waals surface area contributed by atoms with Gasteiger partial charge in [0.1, 0.15) is 5.82 Å². The Balaban J connectivity index is 1.67. The fourth-order valence-electron chi connectivity index (χ4n) is 2.99. The van der Waals surface area contributed by atoms with Crippen molar-refractivity contribution >= 4 is 5.91 Å². The Labute approximate surface area is 124 Å². The molecule has 3 heterocycles. The number of imidazole rings is 2. The molecule has 6 nitrogen and oxygen atoms in total. The molecule has 1 fully saturated rings. The van der Waals surface area contributed by atoms with Gasteiger partial charge in [-0.15, -0.1) is 0 Å². The van der Waals surface area contributed by atoms with Crippen LogP contribution in [0.15, 0.2) is 24.8 Å². The Hall–Kier alpha value is -2.11. The molecule has 0 saturated carbocycles. The van der Waals surface area contributed by atoms with E-state index >= 15 is 0 Å². The van der Waals surface area contributed by atoms with E-state index in [1.807, 2.05) is 37.5 Å². The smallest absolute Gasteiger partial charge is 0.289 e. The van der Waals surface area contributed by atoms with Gasteiger partial charge < -0.3 is 14.0 Å². The first kappa shape index (κ1) is 13.9. The van der Waals surface area contributed by atoms with E-state index in [-0.39, 0.29) is 5.91 Å². The predicted octanol–water partition coefficient (Wildman–Crippen LogP) is 1.48. The number of nitrogens with zero attached hydrogens (tertiary/aromatic N) is 5. The van der Waals surface area contributed by atoms with Crippen LogP contribution < -0.4 is 0 Å². The van der Waals surface area contributed by atoms with Crippen molar-refractivity contribution < 1.29 is 4.79 Å². The molecule has 1 aliphatic rings. The molecule has 0 N–H and O–H groups in total. The van der Waals surface area contributed by atoms with Gasteiger partial charge in [0.2, 0.25) is 0 Å². The number of hydrogen-bond acceptors (Lipinski definition) is 3. The van der Waals surface area contributed by atoms with Crippen molar-refractivity contribution in [1.82, 2.24) is 24.0 Å². The van der Waals surface area contributed by atoms with Crippen LogP contribution in [-0.2, 0) is 13.6 Å². The second-order valence-corrected chi connectivity index (χ2v) is 5.75. The molecule has 1 amide bonds. The number of aromatic nitrogens is 4. The third-order valence-corrected chi connectivity index (χ3v) is 4.20. The zero-order chi connectivity index (χ0) is 14.8. The molecule has 21 heavy (non-hydrogen) atoms. The zero-order valence-corrected chi connectivity index (χ0v) is 12.6. The Morgan fingerprint density at radius 1 is 1.33 bits per heavy atom. The number of rotatable bonds is 3. The number of amides is 1. The number of likely N-dealkylation sites (tertiary alicyclic amines) is 1. The molecule has 3 rings (SSSR count). The fraction of sp³-hybridized carbons (Fsp3) is 0.533. The van der Waals surface area contributed by atoms with E-state index < -0.39 is 0 Å². The summed E-state index contributed by atoms with van der Waals surface area (Å²) in [4.78, 5) is 22.9. The van der Waals surface area contributed by atoms with Crippen molar-refractivity contribution in [2.24, 2.45) is 13.0 Å². The fourth-order valence-corrected chi connectivity index (χ4v) is 2.99. The van der Waals surface area contributed by atoms with Crippen LogP contribution in [0, 0.1) is 12.8 Å². The van der Waals surface area contributed by atoms with Crippen molar-refractivity contribution in [3.05, 3.63) is 36.4 Å². The van der Waals surface area contributed by atoms with E-state index in [9.17, 15) is 4.79 Å². The van der Waals surface area contributed by atoms with Crippen molar-refractivity contribution in [2.45, 2.75) is 26.3 Å². The Morgan fingerprint density at radius 2 is 2.14 bits per heavy atom. The summed E-state index contributed by atoms with van der Waals surface area (Å²) in [5.41, 5.74) is 0. The second kappa shape index (κ2) is 5.71. The zero-order valence-electron chi connectivity index (χ0n) is 12.6. The Kier molecular flexibility index (Phi) is 3.77. The molecule has 1 aliphatic heterocycles. The first-order chi connectivity index (χ1) is 10.1. The van der Waals surface area contributed by atoms with Crippen molar-refractivity contribution in [1.29, 1.82) is 0 Å². The van der Waals surface area contributed by atoms with E-state index in [0.29, 0.717) is 11.7 Å². The molecule has 1 saturated heterocycles. The van der Waals surface area contributed by atoms with Gasteiger partial charge in [-0.05, 0) is 25.7 Å². The molecule has 0 aromatic carbocycles. The number of carbonyl (C=O) groups is 1. The Bertz CT molecular complexity index is 630. The molecule has 0 aliphatic carbocycles. The van der Waals surface area contributed by atoms with Crippen LogP contribution in [0.5, 0.6) is 0 Å². The average molecular weight is 287 g/mol. The molecule has 6 heteroatoms. The molecular formula is C15H21N5O. The number of aryl methyl sites for hydroxylation is 2. The summed E-state index contributed by atoms with van der Waals surface area (Å²) >= 11 is 0. The summed E-state index contributed by atoms with van der Waals surface area (Å²) in [5, 5.41) is 0. The lowest BCUT2D eigenvalue weighted by Gasteiger charge is -2.32. The van der Waals surface area contributed by atoms with E-state index in [1.165, 1.54) is 0 Å². The summed E-state index contributed by atoms with van der Waals surface area (Å²) in [5.74, 6) is 2.07. The van der Waals surface area contributed by atoms with E-state index in [2.05, 4.69) is 14.5 Å². The minimum absolute atomic E-state index is 0.0366. The van der Waals surface area contributed by atoms with Crippen LogP contribution in [0.4, 0.5) is 0 Å². The average Bonchev–Trinajstić information content (AvgIpc) is 3.08. The lowest BCUT2D eigenvalue weighted by Crippen LogP contribution is -2.42. The van der Waals surface area contributed by atoms with Crippen molar-refractivity contribution in [2.75, 3.05) is 13.1 Å². The van der Waals surface area contributed by atoms with Crippen LogP contribution in [0.3, 0.4) is 0 Å². The van der Waals surface area contributed by atoms with E-state index in [0.717, 1.165) is 38.3 Å². The van der Waals surface area contributed by atoms with Gasteiger partial charge in [0.25, 0.3) is 5.91 Å². The minimum atomic E-state index is 0.0366. The number of hydrogen-bond donors (Lipinski definition) is 0. The van der Waals surface area contributed by atoms with Crippen LogP contribution in [0.2, 0.25) is 0 Å². The highest BCUT2D eigenvalue weighted by molar-refractivity contribution is 5.90. The SMILES string of the molecule is Cc1nccn1CC1CCCN(C(=O)c2nccn2C)C1. The summed E-state index contributed by atoms with van der Waals surface area (Å²) in [7, 11) is 1.86. The standard InChI is InChI=1S/C15H21N5O/c1-12-16-6-9-19(12)10-13-4-3-7-20(11-13)15(21)14-17-5-8-18(14)2/h5-6,8-9,13H,3-4,7,10-11H2,1-2H3. The van der Waals surface area contributed by atoms with Crippen LogP contribution in [-0.4, -0.2) is 43.0 Å². The third kappa shape index (κ3) is 2.84. The minimum Gasteiger partial charge on any atom is -0.336 e. The summed E-state index contributed by atoms with van der Waals surface area (Å²) in [6, 6.07) is 0. The predicted molar refractivity (Wildman–Crippen MR) is 78.8 cm³/mol. The van der Waals surface area contributed by atoms with Crippen LogP contribution in [0.1, 0.15) is 29.3 Å². The second-order valence-electron chi connectivity index (χ2n) is 5.75. The maximum absolute atomic E-state index is 12.5. The van der Waals surface area contributed by atoms with Gasteiger partial charge in [-0.25, -0.2) is 9.97 Å². The topological polar surface area (TPSA) is 56.0 Å². The number of piperidine rings is 1. The van der Waals surface area contributed by atoms with Gasteiger partial charge in [0.05, 0.1) is 0 Å². The van der Waals surface area contributed by atoms with Gasteiger partial charge in [-0.2, -0.15) is 0 Å². The van der Waals surface area contributed by atoms with Crippen LogP contribution in [0.25, 0.3) is 0 Å². The number of carbonyl (C=O) groups excluding carboxylic acids is 1. The molecule has 0 bridgehead atoms. The van der Waals surface area contributed by atoms with E-state index in [4.69, 9.17) is 0 Å². The lowest BCUT2D eigenvalue weighted by molar-refractivity contribution is 0.0646. The first-order valence-corrected chi connectivity index (χ1v) is 7.39.